The predicted molar refractivity (Wildman–Crippen MR) is 70.7 cm³/mol. The molecule has 0 aliphatic carbocycles. The molecule has 1 saturated heterocycles. The normalized spacial score (nSPS) is 28.6. The van der Waals surface area contributed by atoms with E-state index in [4.69, 9.17) is 0 Å². The van der Waals surface area contributed by atoms with Crippen LogP contribution in [0.3, 0.4) is 0 Å². The zero-order chi connectivity index (χ0) is 11.3. The molecule has 1 aliphatic rings. The van der Waals surface area contributed by atoms with Crippen molar-refractivity contribution in [3.63, 3.8) is 0 Å². The average molecular weight is 230 g/mol. The van der Waals surface area contributed by atoms with Crippen molar-refractivity contribution in [1.82, 2.24) is 10.2 Å². The fraction of sp³-hybridized carbons (Fsp3) is 1.00. The summed E-state index contributed by atoms with van der Waals surface area (Å²) in [5.41, 5.74) is 0. The molecule has 0 spiro atoms. The van der Waals surface area contributed by atoms with Gasteiger partial charge in [0, 0.05) is 37.5 Å². The molecule has 1 heterocycles. The predicted octanol–water partition coefficient (Wildman–Crippen LogP) is 2.06. The minimum Gasteiger partial charge on any atom is -0.311 e. The lowest BCUT2D eigenvalue weighted by atomic mass is 9.98. The van der Waals surface area contributed by atoms with E-state index >= 15 is 0 Å². The molecule has 1 N–H and O–H groups in total. The SMILES string of the molecule is CCC1CNC(C(C)C)CN1CCSC. The van der Waals surface area contributed by atoms with E-state index in [2.05, 4.69) is 37.2 Å². The summed E-state index contributed by atoms with van der Waals surface area (Å²) in [5.74, 6) is 2.01. The number of nitrogens with zero attached hydrogens (tertiary/aromatic N) is 1. The van der Waals surface area contributed by atoms with E-state index in [9.17, 15) is 0 Å². The van der Waals surface area contributed by atoms with E-state index < -0.39 is 0 Å². The second-order valence-corrected chi connectivity index (χ2v) is 5.79. The quantitative estimate of drug-likeness (QED) is 0.778. The average Bonchev–Trinajstić information content (AvgIpc) is 2.25. The number of hydrogen-bond acceptors (Lipinski definition) is 3. The van der Waals surface area contributed by atoms with Gasteiger partial charge < -0.3 is 5.32 Å². The van der Waals surface area contributed by atoms with Crippen LogP contribution in [0.15, 0.2) is 0 Å². The van der Waals surface area contributed by atoms with E-state index in [1.54, 1.807) is 0 Å². The van der Waals surface area contributed by atoms with Crippen LogP contribution in [0.25, 0.3) is 0 Å². The van der Waals surface area contributed by atoms with Gasteiger partial charge in [-0.05, 0) is 18.6 Å². The van der Waals surface area contributed by atoms with Crippen molar-refractivity contribution < 1.29 is 0 Å². The smallest absolute Gasteiger partial charge is 0.0219 e. The third-order valence-electron chi connectivity index (χ3n) is 3.42. The van der Waals surface area contributed by atoms with Crippen LogP contribution in [0.4, 0.5) is 0 Å². The molecule has 90 valence electrons. The third-order valence-corrected chi connectivity index (χ3v) is 4.01. The maximum Gasteiger partial charge on any atom is 0.0219 e. The van der Waals surface area contributed by atoms with Gasteiger partial charge in [-0.25, -0.2) is 0 Å². The molecule has 2 unspecified atom stereocenters. The number of thioether (sulfide) groups is 1. The maximum absolute atomic E-state index is 3.68. The largest absolute Gasteiger partial charge is 0.311 e. The van der Waals surface area contributed by atoms with Crippen LogP contribution in [0.2, 0.25) is 0 Å². The van der Waals surface area contributed by atoms with Gasteiger partial charge in [-0.15, -0.1) is 0 Å². The first-order chi connectivity index (χ1) is 7.19. The minimum atomic E-state index is 0.689. The molecule has 2 nitrogen and oxygen atoms in total. The van der Waals surface area contributed by atoms with Crippen LogP contribution in [0.1, 0.15) is 27.2 Å². The molecule has 0 aromatic carbocycles. The number of hydrogen-bond donors (Lipinski definition) is 1. The van der Waals surface area contributed by atoms with Gasteiger partial charge in [0.25, 0.3) is 0 Å². The number of nitrogens with one attached hydrogen (secondary N) is 1. The first kappa shape index (κ1) is 13.3. The van der Waals surface area contributed by atoms with Crippen molar-refractivity contribution in [2.45, 2.75) is 39.3 Å². The van der Waals surface area contributed by atoms with Crippen molar-refractivity contribution in [3.8, 4) is 0 Å². The molecule has 0 aromatic rings. The maximum atomic E-state index is 3.68. The Labute approximate surface area is 99.2 Å². The van der Waals surface area contributed by atoms with Crippen LogP contribution in [-0.4, -0.2) is 48.6 Å². The fourth-order valence-electron chi connectivity index (χ4n) is 2.21. The van der Waals surface area contributed by atoms with E-state index in [1.807, 2.05) is 11.8 Å². The minimum absolute atomic E-state index is 0.689. The Bertz CT molecular complexity index is 173. The second kappa shape index (κ2) is 6.77. The zero-order valence-corrected chi connectivity index (χ0v) is 11.4. The molecule has 0 bridgehead atoms. The molecular weight excluding hydrogens is 204 g/mol. The highest BCUT2D eigenvalue weighted by atomic mass is 32.2. The molecule has 1 aliphatic heterocycles. The second-order valence-electron chi connectivity index (χ2n) is 4.81. The highest BCUT2D eigenvalue weighted by Gasteiger charge is 2.27. The summed E-state index contributed by atoms with van der Waals surface area (Å²) in [7, 11) is 0. The van der Waals surface area contributed by atoms with Gasteiger partial charge in [-0.1, -0.05) is 20.8 Å². The molecule has 2 atom stereocenters. The molecule has 3 heteroatoms. The first-order valence-corrected chi connectivity index (χ1v) is 7.54. The summed E-state index contributed by atoms with van der Waals surface area (Å²) < 4.78 is 0. The third kappa shape index (κ3) is 3.97. The van der Waals surface area contributed by atoms with E-state index in [-0.39, 0.29) is 0 Å². The molecule has 0 saturated carbocycles. The topological polar surface area (TPSA) is 15.3 Å². The Hall–Kier alpha value is 0.270. The van der Waals surface area contributed by atoms with Crippen LogP contribution < -0.4 is 5.32 Å². The van der Waals surface area contributed by atoms with Gasteiger partial charge in [0.2, 0.25) is 0 Å². The molecule has 1 fully saturated rings. The van der Waals surface area contributed by atoms with E-state index in [1.165, 1.54) is 31.8 Å². The van der Waals surface area contributed by atoms with Crippen molar-refractivity contribution in [1.29, 1.82) is 0 Å². The molecule has 1 rings (SSSR count). The lowest BCUT2D eigenvalue weighted by Gasteiger charge is -2.41. The standard InChI is InChI=1S/C12H26N2S/c1-5-11-8-13-12(10(2)3)9-14(11)6-7-15-4/h10-13H,5-9H2,1-4H3. The van der Waals surface area contributed by atoms with E-state index in [0.29, 0.717) is 6.04 Å². The van der Waals surface area contributed by atoms with Crippen LogP contribution >= 0.6 is 11.8 Å². The van der Waals surface area contributed by atoms with E-state index in [0.717, 1.165) is 12.0 Å². The number of piperazine rings is 1. The Morgan fingerprint density at radius 2 is 2.20 bits per heavy atom. The van der Waals surface area contributed by atoms with Crippen molar-refractivity contribution in [3.05, 3.63) is 0 Å². The van der Waals surface area contributed by atoms with Gasteiger partial charge in [-0.2, -0.15) is 11.8 Å². The summed E-state index contributed by atoms with van der Waals surface area (Å²) in [4.78, 5) is 2.68. The summed E-state index contributed by atoms with van der Waals surface area (Å²) in [5, 5.41) is 3.68. The lowest BCUT2D eigenvalue weighted by molar-refractivity contribution is 0.118. The fourth-order valence-corrected chi connectivity index (χ4v) is 2.63. The Kier molecular flexibility index (Phi) is 6.02. The number of rotatable bonds is 5. The lowest BCUT2D eigenvalue weighted by Crippen LogP contribution is -2.58. The summed E-state index contributed by atoms with van der Waals surface area (Å²) in [6.45, 7) is 10.6. The molecule has 0 amide bonds. The summed E-state index contributed by atoms with van der Waals surface area (Å²) >= 11 is 1.96. The van der Waals surface area contributed by atoms with Crippen molar-refractivity contribution >= 4 is 11.8 Å². The van der Waals surface area contributed by atoms with Crippen LogP contribution in [-0.2, 0) is 0 Å². The Morgan fingerprint density at radius 1 is 1.47 bits per heavy atom. The Morgan fingerprint density at radius 3 is 2.73 bits per heavy atom. The zero-order valence-electron chi connectivity index (χ0n) is 10.6. The van der Waals surface area contributed by atoms with Gasteiger partial charge >= 0.3 is 0 Å². The highest BCUT2D eigenvalue weighted by Crippen LogP contribution is 2.15. The van der Waals surface area contributed by atoms with Crippen molar-refractivity contribution in [2.75, 3.05) is 31.6 Å². The Balaban J connectivity index is 2.45. The first-order valence-electron chi connectivity index (χ1n) is 6.15. The summed E-state index contributed by atoms with van der Waals surface area (Å²) in [6, 6.07) is 1.45. The van der Waals surface area contributed by atoms with Crippen LogP contribution in [0, 0.1) is 5.92 Å². The van der Waals surface area contributed by atoms with Gasteiger partial charge in [0.1, 0.15) is 0 Å². The molecule has 0 aromatic heterocycles. The highest BCUT2D eigenvalue weighted by molar-refractivity contribution is 7.98. The molecule has 15 heavy (non-hydrogen) atoms. The molecule has 0 radical (unpaired) electrons. The van der Waals surface area contributed by atoms with Crippen LogP contribution in [0.5, 0.6) is 0 Å². The van der Waals surface area contributed by atoms with Gasteiger partial charge in [-0.3, -0.25) is 4.90 Å². The van der Waals surface area contributed by atoms with Gasteiger partial charge in [0.05, 0.1) is 0 Å². The van der Waals surface area contributed by atoms with Gasteiger partial charge in [0.15, 0.2) is 0 Å². The van der Waals surface area contributed by atoms with Crippen molar-refractivity contribution in [2.24, 2.45) is 5.92 Å². The monoisotopic (exact) mass is 230 g/mol. The summed E-state index contributed by atoms with van der Waals surface area (Å²) in [6.07, 6.45) is 3.47. The molecular formula is C12H26N2S.